The average molecular weight is 459 g/mol. The van der Waals surface area contributed by atoms with Crippen molar-refractivity contribution >= 4 is 12.2 Å². The summed E-state index contributed by atoms with van der Waals surface area (Å²) >= 11 is 0. The Labute approximate surface area is 187 Å². The predicted octanol–water partition coefficient (Wildman–Crippen LogP) is 2.07. The lowest BCUT2D eigenvalue weighted by atomic mass is 10.1. The molecule has 2 N–H and O–H groups in total. The van der Waals surface area contributed by atoms with Gasteiger partial charge in [0.05, 0.1) is 12.2 Å². The third kappa shape index (κ3) is 6.95. The van der Waals surface area contributed by atoms with Crippen LogP contribution in [0.3, 0.4) is 0 Å². The van der Waals surface area contributed by atoms with E-state index in [1.165, 1.54) is 24.3 Å². The van der Waals surface area contributed by atoms with Crippen molar-refractivity contribution in [2.75, 3.05) is 27.2 Å². The van der Waals surface area contributed by atoms with Crippen molar-refractivity contribution in [3.05, 3.63) is 96.6 Å². The first-order valence-corrected chi connectivity index (χ1v) is 10.2. The summed E-state index contributed by atoms with van der Waals surface area (Å²) in [5.41, 5.74) is -0.853. The van der Waals surface area contributed by atoms with Gasteiger partial charge in [-0.25, -0.2) is 0 Å². The largest absolute Gasteiger partial charge is 0.494 e. The first-order valence-electron chi connectivity index (χ1n) is 10.2. The molecule has 1 heterocycles. The summed E-state index contributed by atoms with van der Waals surface area (Å²) in [4.78, 5) is 31.9. The molecule has 174 valence electrons. The lowest BCUT2D eigenvalue weighted by Crippen LogP contribution is -2.46. The van der Waals surface area contributed by atoms with Crippen LogP contribution in [-0.4, -0.2) is 42.1 Å². The SMILES string of the molecule is CN(C)CCCOc1ccc(/C=c2\[nH]c(=O)/c(=C/c3ccc(C(F)(F)F)cc3)[nH]c2=O)cc1. The van der Waals surface area contributed by atoms with Gasteiger partial charge in [0.2, 0.25) is 0 Å². The lowest BCUT2D eigenvalue weighted by Gasteiger charge is -2.10. The van der Waals surface area contributed by atoms with Gasteiger partial charge in [-0.05, 0) is 68.1 Å². The number of rotatable bonds is 7. The van der Waals surface area contributed by atoms with Crippen molar-refractivity contribution in [1.82, 2.24) is 14.9 Å². The molecule has 0 aliphatic heterocycles. The van der Waals surface area contributed by atoms with E-state index in [0.717, 1.165) is 25.1 Å². The van der Waals surface area contributed by atoms with Crippen molar-refractivity contribution in [2.45, 2.75) is 12.6 Å². The van der Waals surface area contributed by atoms with Crippen molar-refractivity contribution < 1.29 is 17.9 Å². The zero-order chi connectivity index (χ0) is 24.0. The van der Waals surface area contributed by atoms with Crippen LogP contribution in [0.5, 0.6) is 5.75 Å². The Kier molecular flexibility index (Phi) is 7.55. The number of hydrogen-bond acceptors (Lipinski definition) is 4. The molecule has 3 rings (SSSR count). The lowest BCUT2D eigenvalue weighted by molar-refractivity contribution is -0.137. The minimum Gasteiger partial charge on any atom is -0.494 e. The van der Waals surface area contributed by atoms with Gasteiger partial charge in [-0.1, -0.05) is 24.3 Å². The average Bonchev–Trinajstić information content (AvgIpc) is 2.75. The van der Waals surface area contributed by atoms with Crippen LogP contribution in [0.1, 0.15) is 23.1 Å². The highest BCUT2D eigenvalue weighted by Gasteiger charge is 2.29. The molecule has 0 saturated carbocycles. The Morgan fingerprint density at radius 2 is 1.33 bits per heavy atom. The monoisotopic (exact) mass is 459 g/mol. The Morgan fingerprint density at radius 1 is 0.848 bits per heavy atom. The summed E-state index contributed by atoms with van der Waals surface area (Å²) in [6.07, 6.45) is -0.712. The molecule has 0 aliphatic carbocycles. The molecule has 0 fully saturated rings. The number of aromatic nitrogens is 2. The summed E-state index contributed by atoms with van der Waals surface area (Å²) in [7, 11) is 3.99. The fourth-order valence-corrected chi connectivity index (χ4v) is 3.03. The molecule has 3 aromatic rings. The minimum absolute atomic E-state index is 0.0571. The van der Waals surface area contributed by atoms with E-state index >= 15 is 0 Å². The fraction of sp³-hybridized carbons (Fsp3) is 0.250. The molecule has 6 nitrogen and oxygen atoms in total. The summed E-state index contributed by atoms with van der Waals surface area (Å²) in [5, 5.41) is 0.00241. The van der Waals surface area contributed by atoms with E-state index < -0.39 is 22.9 Å². The number of hydrogen-bond donors (Lipinski definition) is 2. The second-order valence-corrected chi connectivity index (χ2v) is 7.72. The van der Waals surface area contributed by atoms with Gasteiger partial charge in [-0.3, -0.25) is 9.59 Å². The topological polar surface area (TPSA) is 78.2 Å². The first kappa shape index (κ1) is 24.1. The third-order valence-electron chi connectivity index (χ3n) is 4.74. The summed E-state index contributed by atoms with van der Waals surface area (Å²) in [6.45, 7) is 1.51. The highest BCUT2D eigenvalue weighted by molar-refractivity contribution is 5.50. The summed E-state index contributed by atoms with van der Waals surface area (Å²) in [5.74, 6) is 0.704. The molecule has 0 amide bonds. The Morgan fingerprint density at radius 3 is 1.79 bits per heavy atom. The fourth-order valence-electron chi connectivity index (χ4n) is 3.03. The van der Waals surface area contributed by atoms with E-state index in [1.54, 1.807) is 24.3 Å². The van der Waals surface area contributed by atoms with E-state index in [0.29, 0.717) is 23.5 Å². The molecule has 0 bridgehead atoms. The minimum atomic E-state index is -4.45. The molecule has 0 aliphatic rings. The Bertz CT molecular complexity index is 1310. The number of ether oxygens (including phenoxy) is 1. The standard InChI is InChI=1S/C24H24F3N3O3/c1-30(2)12-3-13-33-19-10-6-17(7-11-19)15-21-23(32)28-20(22(31)29-21)14-16-4-8-18(9-5-16)24(25,26)27/h4-11,14-15H,3,12-13H2,1-2H3,(H,28,32)(H,29,31)/b20-14-,21-15-. The number of alkyl halides is 3. The Hall–Kier alpha value is -3.59. The molecule has 0 spiro atoms. The van der Waals surface area contributed by atoms with Gasteiger partial charge >= 0.3 is 6.18 Å². The van der Waals surface area contributed by atoms with Gasteiger partial charge in [0.1, 0.15) is 16.4 Å². The zero-order valence-electron chi connectivity index (χ0n) is 18.2. The van der Waals surface area contributed by atoms with Crippen LogP contribution in [0, 0.1) is 0 Å². The summed E-state index contributed by atoms with van der Waals surface area (Å²) < 4.78 is 43.7. The molecule has 0 saturated heterocycles. The van der Waals surface area contributed by atoms with Crippen molar-refractivity contribution in [3.8, 4) is 5.75 Å². The predicted molar refractivity (Wildman–Crippen MR) is 121 cm³/mol. The van der Waals surface area contributed by atoms with Gasteiger partial charge in [0.15, 0.2) is 0 Å². The quantitative estimate of drug-likeness (QED) is 0.531. The summed E-state index contributed by atoms with van der Waals surface area (Å²) in [6, 6.07) is 11.4. The van der Waals surface area contributed by atoms with Crippen LogP contribution in [0.2, 0.25) is 0 Å². The maximum absolute atomic E-state index is 12.7. The van der Waals surface area contributed by atoms with E-state index in [-0.39, 0.29) is 10.7 Å². The van der Waals surface area contributed by atoms with Crippen molar-refractivity contribution in [1.29, 1.82) is 0 Å². The molecule has 2 aromatic carbocycles. The number of benzene rings is 2. The molecule has 0 atom stereocenters. The van der Waals surface area contributed by atoms with Crippen LogP contribution in [0.15, 0.2) is 58.1 Å². The van der Waals surface area contributed by atoms with E-state index in [2.05, 4.69) is 14.9 Å². The van der Waals surface area contributed by atoms with Gasteiger partial charge in [-0.15, -0.1) is 0 Å². The van der Waals surface area contributed by atoms with Crippen LogP contribution in [0.25, 0.3) is 12.2 Å². The molecular weight excluding hydrogens is 435 g/mol. The highest BCUT2D eigenvalue weighted by Crippen LogP contribution is 2.29. The third-order valence-corrected chi connectivity index (χ3v) is 4.74. The number of H-pyrrole nitrogens is 2. The molecule has 0 unspecified atom stereocenters. The van der Waals surface area contributed by atoms with Crippen LogP contribution in [0.4, 0.5) is 13.2 Å². The number of halogens is 3. The second-order valence-electron chi connectivity index (χ2n) is 7.72. The molecular formula is C24H24F3N3O3. The van der Waals surface area contributed by atoms with Crippen LogP contribution >= 0.6 is 0 Å². The van der Waals surface area contributed by atoms with E-state index in [4.69, 9.17) is 4.74 Å². The van der Waals surface area contributed by atoms with E-state index in [9.17, 15) is 22.8 Å². The number of aromatic amines is 2. The molecule has 33 heavy (non-hydrogen) atoms. The van der Waals surface area contributed by atoms with Crippen molar-refractivity contribution in [3.63, 3.8) is 0 Å². The van der Waals surface area contributed by atoms with Gasteiger partial charge in [0.25, 0.3) is 11.1 Å². The maximum atomic E-state index is 12.7. The zero-order valence-corrected chi connectivity index (χ0v) is 18.2. The molecule has 1 aromatic heterocycles. The highest BCUT2D eigenvalue weighted by atomic mass is 19.4. The second kappa shape index (κ2) is 10.4. The smallest absolute Gasteiger partial charge is 0.416 e. The normalized spacial score (nSPS) is 13.0. The van der Waals surface area contributed by atoms with Gasteiger partial charge in [0, 0.05) is 6.54 Å². The van der Waals surface area contributed by atoms with Crippen LogP contribution in [-0.2, 0) is 6.18 Å². The van der Waals surface area contributed by atoms with E-state index in [1.807, 2.05) is 14.1 Å². The number of nitrogens with zero attached hydrogens (tertiary/aromatic N) is 1. The molecule has 9 heteroatoms. The number of nitrogens with one attached hydrogen (secondary N) is 2. The molecule has 0 radical (unpaired) electrons. The van der Waals surface area contributed by atoms with Crippen molar-refractivity contribution in [2.24, 2.45) is 0 Å². The van der Waals surface area contributed by atoms with Crippen LogP contribution < -0.4 is 26.6 Å². The Balaban J connectivity index is 1.79. The van der Waals surface area contributed by atoms with Gasteiger partial charge < -0.3 is 19.6 Å². The first-order chi connectivity index (χ1) is 15.6. The van der Waals surface area contributed by atoms with Gasteiger partial charge in [-0.2, -0.15) is 13.2 Å². The maximum Gasteiger partial charge on any atom is 0.416 e.